The largest absolute Gasteiger partial charge is 0.316 e. The molecule has 1 amide bonds. The zero-order chi connectivity index (χ0) is 15.6. The van der Waals surface area contributed by atoms with Crippen molar-refractivity contribution in [3.8, 4) is 0 Å². The normalized spacial score (nSPS) is 10.2. The summed E-state index contributed by atoms with van der Waals surface area (Å²) in [5.41, 5.74) is -0.264. The molecule has 0 fully saturated rings. The van der Waals surface area contributed by atoms with E-state index in [4.69, 9.17) is 0 Å². The summed E-state index contributed by atoms with van der Waals surface area (Å²) < 4.78 is 26.1. The Labute approximate surface area is 118 Å². The monoisotopic (exact) mass is 292 g/mol. The molecule has 0 bridgehead atoms. The molecule has 0 unspecified atom stereocenters. The standard InChI is InChI=1S/C14H10F2N2O3/c1-8-6-9(2-4-11(8)16)14(19)17-12-5-3-10(15)7-13(12)18(20)21/h2-7H,1H3,(H,17,19). The minimum atomic E-state index is -0.797. The van der Waals surface area contributed by atoms with Crippen molar-refractivity contribution in [2.24, 2.45) is 0 Å². The second-order valence-corrected chi connectivity index (χ2v) is 4.34. The van der Waals surface area contributed by atoms with Gasteiger partial charge in [-0.25, -0.2) is 8.78 Å². The Kier molecular flexibility index (Phi) is 3.93. The highest BCUT2D eigenvalue weighted by Crippen LogP contribution is 2.25. The highest BCUT2D eigenvalue weighted by Gasteiger charge is 2.18. The van der Waals surface area contributed by atoms with Crippen LogP contribution in [-0.2, 0) is 0 Å². The van der Waals surface area contributed by atoms with Crippen molar-refractivity contribution in [2.75, 3.05) is 5.32 Å². The molecule has 0 aliphatic heterocycles. The molecule has 1 N–H and O–H groups in total. The fourth-order valence-electron chi connectivity index (χ4n) is 1.74. The van der Waals surface area contributed by atoms with E-state index in [2.05, 4.69) is 5.32 Å². The van der Waals surface area contributed by atoms with E-state index in [-0.39, 0.29) is 16.8 Å². The first-order valence-corrected chi connectivity index (χ1v) is 5.90. The van der Waals surface area contributed by atoms with Gasteiger partial charge in [-0.3, -0.25) is 14.9 Å². The van der Waals surface area contributed by atoms with Crippen LogP contribution >= 0.6 is 0 Å². The lowest BCUT2D eigenvalue weighted by Crippen LogP contribution is -2.13. The summed E-state index contributed by atoms with van der Waals surface area (Å²) in [6.45, 7) is 1.49. The van der Waals surface area contributed by atoms with Crippen molar-refractivity contribution >= 4 is 17.3 Å². The first-order chi connectivity index (χ1) is 9.88. The number of benzene rings is 2. The van der Waals surface area contributed by atoms with E-state index in [1.165, 1.54) is 19.1 Å². The number of carbonyl (C=O) groups excluding carboxylic acids is 1. The minimum absolute atomic E-state index is 0.131. The molecule has 21 heavy (non-hydrogen) atoms. The van der Waals surface area contributed by atoms with Crippen LogP contribution in [0.1, 0.15) is 15.9 Å². The Morgan fingerprint density at radius 2 is 1.90 bits per heavy atom. The van der Waals surface area contributed by atoms with Crippen molar-refractivity contribution in [3.63, 3.8) is 0 Å². The van der Waals surface area contributed by atoms with Crippen LogP contribution in [0.2, 0.25) is 0 Å². The van der Waals surface area contributed by atoms with Gasteiger partial charge in [0, 0.05) is 5.56 Å². The summed E-state index contributed by atoms with van der Waals surface area (Å²) in [6, 6.07) is 6.52. The maximum absolute atomic E-state index is 13.1. The van der Waals surface area contributed by atoms with E-state index < -0.39 is 28.2 Å². The number of hydrogen-bond acceptors (Lipinski definition) is 3. The Morgan fingerprint density at radius 3 is 2.52 bits per heavy atom. The second kappa shape index (κ2) is 5.66. The number of carbonyl (C=O) groups is 1. The van der Waals surface area contributed by atoms with Crippen LogP contribution in [0.3, 0.4) is 0 Å². The SMILES string of the molecule is Cc1cc(C(=O)Nc2ccc(F)cc2[N+](=O)[O-])ccc1F. The Hall–Kier alpha value is -2.83. The zero-order valence-electron chi connectivity index (χ0n) is 10.9. The molecule has 7 heteroatoms. The van der Waals surface area contributed by atoms with Gasteiger partial charge in [0.25, 0.3) is 11.6 Å². The zero-order valence-corrected chi connectivity index (χ0v) is 10.9. The molecule has 2 aromatic rings. The quantitative estimate of drug-likeness (QED) is 0.695. The third-order valence-corrected chi connectivity index (χ3v) is 2.82. The molecule has 0 aromatic heterocycles. The number of rotatable bonds is 3. The van der Waals surface area contributed by atoms with E-state index in [0.29, 0.717) is 6.07 Å². The molecular formula is C14H10F2N2O3. The Balaban J connectivity index is 2.31. The smallest absolute Gasteiger partial charge is 0.295 e. The highest BCUT2D eigenvalue weighted by molar-refractivity contribution is 6.05. The predicted octanol–water partition coefficient (Wildman–Crippen LogP) is 3.43. The van der Waals surface area contributed by atoms with E-state index in [1.54, 1.807) is 0 Å². The van der Waals surface area contributed by atoms with E-state index in [9.17, 15) is 23.7 Å². The average molecular weight is 292 g/mol. The molecule has 0 aliphatic carbocycles. The summed E-state index contributed by atoms with van der Waals surface area (Å²) in [4.78, 5) is 22.0. The molecule has 108 valence electrons. The van der Waals surface area contributed by atoms with Gasteiger partial charge in [0.1, 0.15) is 17.3 Å². The van der Waals surface area contributed by atoms with Crippen molar-refractivity contribution in [3.05, 3.63) is 69.3 Å². The average Bonchev–Trinajstić information content (AvgIpc) is 2.43. The highest BCUT2D eigenvalue weighted by atomic mass is 19.1. The molecule has 0 spiro atoms. The van der Waals surface area contributed by atoms with Crippen LogP contribution in [0.4, 0.5) is 20.2 Å². The van der Waals surface area contributed by atoms with Crippen molar-refractivity contribution < 1.29 is 18.5 Å². The lowest BCUT2D eigenvalue weighted by Gasteiger charge is -2.07. The molecule has 0 radical (unpaired) electrons. The predicted molar refractivity (Wildman–Crippen MR) is 72.1 cm³/mol. The Bertz CT molecular complexity index is 732. The number of nitro benzene ring substituents is 1. The number of halogens is 2. The number of nitrogens with zero attached hydrogens (tertiary/aromatic N) is 1. The van der Waals surface area contributed by atoms with Gasteiger partial charge >= 0.3 is 0 Å². The van der Waals surface area contributed by atoms with Crippen LogP contribution < -0.4 is 5.32 Å². The number of nitrogens with one attached hydrogen (secondary N) is 1. The second-order valence-electron chi connectivity index (χ2n) is 4.34. The summed E-state index contributed by atoms with van der Waals surface area (Å²) in [5.74, 6) is -1.88. The maximum Gasteiger partial charge on any atom is 0.295 e. The van der Waals surface area contributed by atoms with Crippen molar-refractivity contribution in [1.82, 2.24) is 0 Å². The molecule has 0 aliphatic rings. The molecule has 0 saturated heterocycles. The van der Waals surface area contributed by atoms with Crippen LogP contribution in [0, 0.1) is 28.7 Å². The molecule has 0 heterocycles. The van der Waals surface area contributed by atoms with Gasteiger partial charge in [-0.2, -0.15) is 0 Å². The molecule has 5 nitrogen and oxygen atoms in total. The number of aryl methyl sites for hydroxylation is 1. The number of anilines is 1. The van der Waals surface area contributed by atoms with E-state index in [1.807, 2.05) is 0 Å². The van der Waals surface area contributed by atoms with Crippen molar-refractivity contribution in [1.29, 1.82) is 0 Å². The van der Waals surface area contributed by atoms with Gasteiger partial charge in [-0.1, -0.05) is 0 Å². The van der Waals surface area contributed by atoms with E-state index >= 15 is 0 Å². The molecular weight excluding hydrogens is 282 g/mol. The lowest BCUT2D eigenvalue weighted by molar-refractivity contribution is -0.384. The van der Waals surface area contributed by atoms with E-state index in [0.717, 1.165) is 18.2 Å². The first-order valence-electron chi connectivity index (χ1n) is 5.90. The van der Waals surface area contributed by atoms with Gasteiger partial charge in [-0.15, -0.1) is 0 Å². The third-order valence-electron chi connectivity index (χ3n) is 2.82. The summed E-state index contributed by atoms with van der Waals surface area (Å²) in [7, 11) is 0. The molecule has 0 saturated carbocycles. The van der Waals surface area contributed by atoms with Crippen molar-refractivity contribution in [2.45, 2.75) is 6.92 Å². The number of nitro groups is 1. The number of amides is 1. The minimum Gasteiger partial charge on any atom is -0.316 e. The van der Waals surface area contributed by atoms with Crippen LogP contribution in [0.15, 0.2) is 36.4 Å². The van der Waals surface area contributed by atoms with Crippen LogP contribution in [-0.4, -0.2) is 10.8 Å². The van der Waals surface area contributed by atoms with Gasteiger partial charge < -0.3 is 5.32 Å². The molecule has 0 atom stereocenters. The fraction of sp³-hybridized carbons (Fsp3) is 0.0714. The topological polar surface area (TPSA) is 72.2 Å². The van der Waals surface area contributed by atoms with Crippen LogP contribution in [0.25, 0.3) is 0 Å². The van der Waals surface area contributed by atoms with Gasteiger partial charge in [0.2, 0.25) is 0 Å². The maximum atomic E-state index is 13.1. The van der Waals surface area contributed by atoms with Gasteiger partial charge in [-0.05, 0) is 42.8 Å². The van der Waals surface area contributed by atoms with Gasteiger partial charge in [0.05, 0.1) is 11.0 Å². The first kappa shape index (κ1) is 14.6. The Morgan fingerprint density at radius 1 is 1.19 bits per heavy atom. The third kappa shape index (κ3) is 3.19. The summed E-state index contributed by atoms with van der Waals surface area (Å²) >= 11 is 0. The summed E-state index contributed by atoms with van der Waals surface area (Å²) in [6.07, 6.45) is 0. The number of hydrogen-bond donors (Lipinski definition) is 1. The van der Waals surface area contributed by atoms with Gasteiger partial charge in [0.15, 0.2) is 0 Å². The molecule has 2 aromatic carbocycles. The fourth-order valence-corrected chi connectivity index (χ4v) is 1.74. The molecule has 2 rings (SSSR count). The van der Waals surface area contributed by atoms with Crippen LogP contribution in [0.5, 0.6) is 0 Å². The summed E-state index contributed by atoms with van der Waals surface area (Å²) in [5, 5.41) is 13.1. The lowest BCUT2D eigenvalue weighted by atomic mass is 10.1.